The first-order valence-electron chi connectivity index (χ1n) is 9.38. The first-order chi connectivity index (χ1) is 11.3. The second kappa shape index (κ2) is 8.49. The van der Waals surface area contributed by atoms with Crippen molar-refractivity contribution < 1.29 is 4.79 Å². The number of nitrogens with one attached hydrogen (secondary N) is 1. The molecule has 1 saturated heterocycles. The van der Waals surface area contributed by atoms with Crippen LogP contribution >= 0.6 is 0 Å². The third-order valence-corrected chi connectivity index (χ3v) is 5.55. The summed E-state index contributed by atoms with van der Waals surface area (Å²) in [6.07, 6.45) is 9.11. The number of hydrogen-bond acceptors (Lipinski definition) is 2. The molecule has 0 radical (unpaired) electrons. The molecular formula is C20H30N2O. The van der Waals surface area contributed by atoms with E-state index in [4.69, 9.17) is 0 Å². The van der Waals surface area contributed by atoms with Crippen LogP contribution in [0.4, 0.5) is 0 Å². The standard InChI is InChI=1S/C20H30N2O/c23-20(22-13-7-8-14-22)16-21-15-19(17-9-3-1-4-10-17)18-11-5-2-6-12-18/h1,3-4,9-10,18-19,21H,2,5-8,11-16H2/t19-/m0/s1. The third kappa shape index (κ3) is 4.57. The number of likely N-dealkylation sites (tertiary alicyclic amines) is 1. The van der Waals surface area contributed by atoms with Gasteiger partial charge in [-0.15, -0.1) is 0 Å². The van der Waals surface area contributed by atoms with Crippen molar-refractivity contribution in [1.82, 2.24) is 10.2 Å². The largest absolute Gasteiger partial charge is 0.342 e. The second-order valence-corrected chi connectivity index (χ2v) is 7.13. The summed E-state index contributed by atoms with van der Waals surface area (Å²) in [5, 5.41) is 3.47. The molecule has 1 heterocycles. The highest BCUT2D eigenvalue weighted by Gasteiger charge is 2.25. The van der Waals surface area contributed by atoms with Crippen LogP contribution in [-0.4, -0.2) is 37.0 Å². The van der Waals surface area contributed by atoms with Crippen molar-refractivity contribution in [2.24, 2.45) is 5.92 Å². The SMILES string of the molecule is O=C(CNC[C@@H](c1ccccc1)C1CCCCC1)N1CCCC1. The van der Waals surface area contributed by atoms with Crippen LogP contribution in [0.3, 0.4) is 0 Å². The molecule has 1 aliphatic carbocycles. The van der Waals surface area contributed by atoms with E-state index in [9.17, 15) is 4.79 Å². The van der Waals surface area contributed by atoms with Crippen molar-refractivity contribution in [3.05, 3.63) is 35.9 Å². The van der Waals surface area contributed by atoms with Gasteiger partial charge in [-0.1, -0.05) is 49.6 Å². The molecule has 3 heteroatoms. The Hall–Kier alpha value is -1.35. The van der Waals surface area contributed by atoms with Gasteiger partial charge in [0, 0.05) is 19.6 Å². The van der Waals surface area contributed by atoms with E-state index in [0.29, 0.717) is 12.5 Å². The molecule has 1 saturated carbocycles. The minimum absolute atomic E-state index is 0.276. The molecule has 1 aliphatic heterocycles. The summed E-state index contributed by atoms with van der Waals surface area (Å²) >= 11 is 0. The summed E-state index contributed by atoms with van der Waals surface area (Å²) in [5.41, 5.74) is 1.43. The molecule has 0 aromatic heterocycles. The number of benzene rings is 1. The molecule has 0 unspecified atom stereocenters. The Morgan fingerprint density at radius 3 is 2.43 bits per heavy atom. The van der Waals surface area contributed by atoms with E-state index in [-0.39, 0.29) is 5.91 Å². The van der Waals surface area contributed by atoms with Gasteiger partial charge in [-0.2, -0.15) is 0 Å². The molecule has 23 heavy (non-hydrogen) atoms. The second-order valence-electron chi connectivity index (χ2n) is 7.13. The molecule has 1 aromatic carbocycles. The van der Waals surface area contributed by atoms with Gasteiger partial charge in [0.25, 0.3) is 0 Å². The van der Waals surface area contributed by atoms with Gasteiger partial charge in [0.2, 0.25) is 5.91 Å². The fourth-order valence-corrected chi connectivity index (χ4v) is 4.21. The van der Waals surface area contributed by atoms with Gasteiger partial charge in [-0.05, 0) is 43.1 Å². The Morgan fingerprint density at radius 2 is 1.74 bits per heavy atom. The Kier molecular flexibility index (Phi) is 6.09. The highest BCUT2D eigenvalue weighted by Crippen LogP contribution is 2.35. The van der Waals surface area contributed by atoms with E-state index < -0.39 is 0 Å². The Labute approximate surface area is 140 Å². The summed E-state index contributed by atoms with van der Waals surface area (Å²) in [4.78, 5) is 14.2. The average molecular weight is 314 g/mol. The lowest BCUT2D eigenvalue weighted by molar-refractivity contribution is -0.129. The van der Waals surface area contributed by atoms with Crippen molar-refractivity contribution in [2.75, 3.05) is 26.2 Å². The molecular weight excluding hydrogens is 284 g/mol. The van der Waals surface area contributed by atoms with Gasteiger partial charge in [0.1, 0.15) is 0 Å². The normalized spacial score (nSPS) is 20.6. The summed E-state index contributed by atoms with van der Waals surface area (Å²) in [7, 11) is 0. The fraction of sp³-hybridized carbons (Fsp3) is 0.650. The predicted molar refractivity (Wildman–Crippen MR) is 94.4 cm³/mol. The number of carbonyl (C=O) groups excluding carboxylic acids is 1. The molecule has 1 amide bonds. The van der Waals surface area contributed by atoms with Gasteiger partial charge in [0.05, 0.1) is 6.54 Å². The zero-order valence-corrected chi connectivity index (χ0v) is 14.2. The molecule has 2 fully saturated rings. The van der Waals surface area contributed by atoms with Crippen molar-refractivity contribution in [1.29, 1.82) is 0 Å². The maximum absolute atomic E-state index is 12.2. The van der Waals surface area contributed by atoms with E-state index in [1.54, 1.807) is 0 Å². The molecule has 126 valence electrons. The monoisotopic (exact) mass is 314 g/mol. The quantitative estimate of drug-likeness (QED) is 0.870. The van der Waals surface area contributed by atoms with Gasteiger partial charge in [0.15, 0.2) is 0 Å². The number of nitrogens with zero attached hydrogens (tertiary/aromatic N) is 1. The first-order valence-corrected chi connectivity index (χ1v) is 9.38. The predicted octanol–water partition coefficient (Wildman–Crippen LogP) is 3.56. The Bertz CT molecular complexity index is 476. The minimum Gasteiger partial charge on any atom is -0.342 e. The molecule has 0 spiro atoms. The lowest BCUT2D eigenvalue weighted by atomic mass is 9.77. The number of rotatable bonds is 6. The van der Waals surface area contributed by atoms with E-state index in [1.165, 1.54) is 50.5 Å². The molecule has 2 aliphatic rings. The van der Waals surface area contributed by atoms with Crippen molar-refractivity contribution in [3.63, 3.8) is 0 Å². The van der Waals surface area contributed by atoms with Gasteiger partial charge >= 0.3 is 0 Å². The third-order valence-electron chi connectivity index (χ3n) is 5.55. The molecule has 1 aromatic rings. The van der Waals surface area contributed by atoms with Crippen molar-refractivity contribution >= 4 is 5.91 Å². The highest BCUT2D eigenvalue weighted by molar-refractivity contribution is 5.78. The van der Waals surface area contributed by atoms with Crippen LogP contribution in [0.5, 0.6) is 0 Å². The average Bonchev–Trinajstić information content (AvgIpc) is 3.15. The van der Waals surface area contributed by atoms with Crippen LogP contribution in [-0.2, 0) is 4.79 Å². The van der Waals surface area contributed by atoms with Crippen LogP contribution in [0.2, 0.25) is 0 Å². The van der Waals surface area contributed by atoms with Crippen LogP contribution in [0.1, 0.15) is 56.4 Å². The summed E-state index contributed by atoms with van der Waals surface area (Å²) < 4.78 is 0. The topological polar surface area (TPSA) is 32.3 Å². The smallest absolute Gasteiger partial charge is 0.236 e. The number of hydrogen-bond donors (Lipinski definition) is 1. The maximum Gasteiger partial charge on any atom is 0.236 e. The summed E-state index contributed by atoms with van der Waals surface area (Å²) in [5.74, 6) is 1.58. The lowest BCUT2D eigenvalue weighted by Crippen LogP contribution is -2.38. The summed E-state index contributed by atoms with van der Waals surface area (Å²) in [6.45, 7) is 3.32. The van der Waals surface area contributed by atoms with Gasteiger partial charge < -0.3 is 10.2 Å². The van der Waals surface area contributed by atoms with Gasteiger partial charge in [-0.25, -0.2) is 0 Å². The first kappa shape index (κ1) is 16.5. The van der Waals surface area contributed by atoms with E-state index in [1.807, 2.05) is 4.90 Å². The van der Waals surface area contributed by atoms with Crippen molar-refractivity contribution in [3.8, 4) is 0 Å². The van der Waals surface area contributed by atoms with Crippen LogP contribution in [0.25, 0.3) is 0 Å². The van der Waals surface area contributed by atoms with E-state index >= 15 is 0 Å². The lowest BCUT2D eigenvalue weighted by Gasteiger charge is -2.31. The molecule has 1 N–H and O–H groups in total. The van der Waals surface area contributed by atoms with Crippen LogP contribution in [0.15, 0.2) is 30.3 Å². The van der Waals surface area contributed by atoms with Crippen LogP contribution in [0, 0.1) is 5.92 Å². The molecule has 3 nitrogen and oxygen atoms in total. The molecule has 3 rings (SSSR count). The summed E-state index contributed by atoms with van der Waals surface area (Å²) in [6, 6.07) is 10.9. The molecule has 0 bridgehead atoms. The minimum atomic E-state index is 0.276. The molecule has 1 atom stereocenters. The van der Waals surface area contributed by atoms with E-state index in [0.717, 1.165) is 25.6 Å². The Morgan fingerprint density at radius 1 is 1.04 bits per heavy atom. The zero-order chi connectivity index (χ0) is 15.9. The maximum atomic E-state index is 12.2. The fourth-order valence-electron chi connectivity index (χ4n) is 4.21. The van der Waals surface area contributed by atoms with Crippen molar-refractivity contribution in [2.45, 2.75) is 50.9 Å². The van der Waals surface area contributed by atoms with E-state index in [2.05, 4.69) is 35.6 Å². The van der Waals surface area contributed by atoms with Crippen LogP contribution < -0.4 is 5.32 Å². The van der Waals surface area contributed by atoms with Gasteiger partial charge in [-0.3, -0.25) is 4.79 Å². The highest BCUT2D eigenvalue weighted by atomic mass is 16.2. The number of carbonyl (C=O) groups is 1. The number of amides is 1. The zero-order valence-electron chi connectivity index (χ0n) is 14.2. The Balaban J connectivity index is 1.56.